The summed E-state index contributed by atoms with van der Waals surface area (Å²) in [4.78, 5) is 13.3. The Labute approximate surface area is 436 Å². The molecule has 3 fully saturated rings. The molecule has 0 aromatic carbocycles. The van der Waals surface area contributed by atoms with Crippen molar-refractivity contribution in [3.8, 4) is 0 Å². The summed E-state index contributed by atoms with van der Waals surface area (Å²) >= 11 is 0. The maximum atomic E-state index is 13.3. The minimum atomic E-state index is -1.97. The van der Waals surface area contributed by atoms with E-state index in [4.69, 9.17) is 28.4 Å². The van der Waals surface area contributed by atoms with E-state index < -0.39 is 124 Å². The maximum absolute atomic E-state index is 13.3. The highest BCUT2D eigenvalue weighted by Gasteiger charge is 2.53. The quantitative estimate of drug-likeness (QED) is 0.0306. The van der Waals surface area contributed by atoms with Gasteiger partial charge in [-0.1, -0.05) is 180 Å². The van der Waals surface area contributed by atoms with Gasteiger partial charge in [-0.15, -0.1) is 0 Å². The maximum Gasteiger partial charge on any atom is 0.220 e. The molecule has 12 N–H and O–H groups in total. The summed E-state index contributed by atoms with van der Waals surface area (Å²) < 4.78 is 34.2. The summed E-state index contributed by atoms with van der Waals surface area (Å²) in [5.74, 6) is -0.275. The normalized spacial score (nSPS) is 31.8. The molecule has 3 saturated heterocycles. The van der Waals surface area contributed by atoms with Crippen LogP contribution in [-0.2, 0) is 33.2 Å². The predicted octanol–water partition coefficient (Wildman–Crippen LogP) is 3.82. The van der Waals surface area contributed by atoms with Crippen molar-refractivity contribution < 1.29 is 89.4 Å². The van der Waals surface area contributed by atoms with Crippen molar-refractivity contribution in [3.05, 3.63) is 12.2 Å². The SMILES string of the molecule is CCCCCCCCCCCCC/C=C/[C@@H](O)[C@H](CO[C@@H]1OC(CO)[C@@H](O[C@@H]2OC(CO)[C@H](O[C@@H]3OC(CO)[C@H](O)[C@H](O)C3O)[C@H](O)C2O)[C@H](O)C1O)NC(=O)CCCCCCCCCCCCCCCCC. The van der Waals surface area contributed by atoms with E-state index >= 15 is 0 Å². The molecule has 6 unspecified atom stereocenters. The average Bonchev–Trinajstić information content (AvgIpc) is 3.39. The van der Waals surface area contributed by atoms with Gasteiger partial charge in [0.1, 0.15) is 73.2 Å². The Morgan fingerprint density at radius 2 is 0.849 bits per heavy atom. The summed E-state index contributed by atoms with van der Waals surface area (Å²) in [5, 5.41) is 120. The minimum absolute atomic E-state index is 0.248. The highest BCUT2D eigenvalue weighted by molar-refractivity contribution is 5.76. The Hall–Kier alpha value is -1.47. The van der Waals surface area contributed by atoms with Crippen LogP contribution in [0.3, 0.4) is 0 Å². The molecule has 3 heterocycles. The number of rotatable bonds is 41. The lowest BCUT2D eigenvalue weighted by molar-refractivity contribution is -0.379. The van der Waals surface area contributed by atoms with E-state index in [1.165, 1.54) is 122 Å². The number of hydrogen-bond acceptors (Lipinski definition) is 18. The van der Waals surface area contributed by atoms with Crippen LogP contribution in [0.4, 0.5) is 0 Å². The Bertz CT molecular complexity index is 1400. The second-order valence-corrected chi connectivity index (χ2v) is 20.8. The van der Waals surface area contributed by atoms with E-state index in [0.29, 0.717) is 6.42 Å². The molecule has 1 amide bonds. The zero-order valence-corrected chi connectivity index (χ0v) is 44.4. The molecule has 0 spiro atoms. The van der Waals surface area contributed by atoms with Crippen molar-refractivity contribution in [2.45, 2.75) is 298 Å². The molecule has 0 aliphatic carbocycles. The zero-order chi connectivity index (χ0) is 53.4. The fraction of sp³-hybridized carbons (Fsp3) is 0.944. The lowest BCUT2D eigenvalue weighted by atomic mass is 9.96. The Balaban J connectivity index is 1.53. The van der Waals surface area contributed by atoms with Crippen LogP contribution in [0.25, 0.3) is 0 Å². The number of carbonyl (C=O) groups excluding carboxylic acids is 1. The summed E-state index contributed by atoms with van der Waals surface area (Å²) in [6, 6.07) is -0.965. The van der Waals surface area contributed by atoms with Gasteiger partial charge in [0, 0.05) is 6.42 Å². The van der Waals surface area contributed by atoms with Gasteiger partial charge in [-0.2, -0.15) is 0 Å². The van der Waals surface area contributed by atoms with E-state index in [1.54, 1.807) is 6.08 Å². The summed E-state index contributed by atoms with van der Waals surface area (Å²) in [6.45, 7) is 1.71. The van der Waals surface area contributed by atoms with E-state index in [0.717, 1.165) is 44.9 Å². The van der Waals surface area contributed by atoms with Gasteiger partial charge in [0.25, 0.3) is 0 Å². The van der Waals surface area contributed by atoms with E-state index in [1.807, 2.05) is 6.08 Å². The molecule has 19 heteroatoms. The second kappa shape index (κ2) is 39.0. The Morgan fingerprint density at radius 3 is 1.29 bits per heavy atom. The van der Waals surface area contributed by atoms with Crippen LogP contribution in [0.2, 0.25) is 0 Å². The van der Waals surface area contributed by atoms with Gasteiger partial charge in [0.05, 0.1) is 38.6 Å². The van der Waals surface area contributed by atoms with Crippen LogP contribution >= 0.6 is 0 Å². The van der Waals surface area contributed by atoms with E-state index in [2.05, 4.69) is 19.2 Å². The van der Waals surface area contributed by atoms with Crippen molar-refractivity contribution in [2.24, 2.45) is 0 Å². The van der Waals surface area contributed by atoms with Crippen LogP contribution in [-0.4, -0.2) is 193 Å². The van der Waals surface area contributed by atoms with Crippen LogP contribution in [0.5, 0.6) is 0 Å². The molecule has 19 nitrogen and oxygen atoms in total. The molecule has 0 aromatic heterocycles. The van der Waals surface area contributed by atoms with Crippen molar-refractivity contribution in [3.63, 3.8) is 0 Å². The van der Waals surface area contributed by atoms with Crippen LogP contribution < -0.4 is 5.32 Å². The monoisotopic (exact) mass is 1050 g/mol. The summed E-state index contributed by atoms with van der Waals surface area (Å²) in [6.07, 6.45) is 9.11. The molecule has 73 heavy (non-hydrogen) atoms. The highest BCUT2D eigenvalue weighted by Crippen LogP contribution is 2.33. The highest BCUT2D eigenvalue weighted by atomic mass is 16.8. The number of aliphatic hydroxyl groups is 11. The third-order valence-corrected chi connectivity index (χ3v) is 14.6. The number of aliphatic hydroxyl groups excluding tert-OH is 11. The van der Waals surface area contributed by atoms with Crippen LogP contribution in [0.1, 0.15) is 194 Å². The number of hydrogen-bond donors (Lipinski definition) is 12. The molecule has 17 atom stereocenters. The molecule has 0 aromatic rings. The Kier molecular flexibility index (Phi) is 35.1. The van der Waals surface area contributed by atoms with Gasteiger partial charge in [-0.25, -0.2) is 0 Å². The first-order valence-electron chi connectivity index (χ1n) is 28.4. The number of allylic oxidation sites excluding steroid dienone is 1. The largest absolute Gasteiger partial charge is 0.394 e. The predicted molar refractivity (Wildman–Crippen MR) is 273 cm³/mol. The van der Waals surface area contributed by atoms with Crippen molar-refractivity contribution in [1.82, 2.24) is 5.32 Å². The average molecular weight is 1050 g/mol. The number of nitrogens with one attached hydrogen (secondary N) is 1. The van der Waals surface area contributed by atoms with Crippen molar-refractivity contribution in [2.75, 3.05) is 26.4 Å². The molecule has 0 bridgehead atoms. The molecule has 0 radical (unpaired) electrons. The fourth-order valence-corrected chi connectivity index (χ4v) is 9.84. The van der Waals surface area contributed by atoms with Gasteiger partial charge in [0.15, 0.2) is 18.9 Å². The third-order valence-electron chi connectivity index (χ3n) is 14.6. The first-order valence-corrected chi connectivity index (χ1v) is 28.4. The molecular weight excluding hydrogens is 951 g/mol. The van der Waals surface area contributed by atoms with Gasteiger partial charge in [-0.05, 0) is 19.3 Å². The number of unbranched alkanes of at least 4 members (excludes halogenated alkanes) is 25. The zero-order valence-electron chi connectivity index (χ0n) is 44.4. The standard InChI is InChI=1S/C54H101NO18/c1-3-5-7-9-11-13-15-17-18-20-22-24-26-28-30-32-42(60)55-37(38(59)31-29-27-25-23-21-19-16-14-12-10-8-6-4-2)36-68-52-48(66)45(63)50(40(34-57)70-52)73-54-49(67)46(64)51(41(35-58)71-54)72-53-47(65)44(62)43(61)39(33-56)69-53/h29,31,37-41,43-54,56-59,61-67H,3-28,30,32-36H2,1-2H3,(H,55,60)/b31-29+/t37-,38+,39?,40?,41?,43-,44-,45+,46+,47?,48?,49?,50+,51-,52+,53-,54-/m0/s1. The van der Waals surface area contributed by atoms with Crippen LogP contribution in [0, 0.1) is 0 Å². The topological polar surface area (TPSA) is 307 Å². The fourth-order valence-electron chi connectivity index (χ4n) is 9.84. The van der Waals surface area contributed by atoms with Crippen LogP contribution in [0.15, 0.2) is 12.2 Å². The smallest absolute Gasteiger partial charge is 0.220 e. The van der Waals surface area contributed by atoms with Gasteiger partial charge < -0.3 is 89.9 Å². The van der Waals surface area contributed by atoms with Gasteiger partial charge in [0.2, 0.25) is 5.91 Å². The number of ether oxygens (including phenoxy) is 6. The van der Waals surface area contributed by atoms with Crippen molar-refractivity contribution in [1.29, 1.82) is 0 Å². The molecule has 3 rings (SSSR count). The summed E-state index contributed by atoms with van der Waals surface area (Å²) in [7, 11) is 0. The van der Waals surface area contributed by atoms with Crippen molar-refractivity contribution >= 4 is 5.91 Å². The summed E-state index contributed by atoms with van der Waals surface area (Å²) in [5.41, 5.74) is 0. The molecular formula is C54H101NO18. The van der Waals surface area contributed by atoms with E-state index in [-0.39, 0.29) is 18.9 Å². The molecule has 430 valence electrons. The lowest BCUT2D eigenvalue weighted by Gasteiger charge is -2.48. The van der Waals surface area contributed by atoms with Gasteiger partial charge >= 0.3 is 0 Å². The first kappa shape index (κ1) is 65.8. The van der Waals surface area contributed by atoms with Gasteiger partial charge in [-0.3, -0.25) is 4.79 Å². The first-order chi connectivity index (χ1) is 35.3. The minimum Gasteiger partial charge on any atom is -0.394 e. The van der Waals surface area contributed by atoms with E-state index in [9.17, 15) is 61.0 Å². The molecule has 0 saturated carbocycles. The second-order valence-electron chi connectivity index (χ2n) is 20.8. The molecule has 3 aliphatic heterocycles. The third kappa shape index (κ3) is 24.0. The lowest BCUT2D eigenvalue weighted by Crippen LogP contribution is -2.66. The number of carbonyl (C=O) groups is 1. The number of amides is 1. The molecule has 3 aliphatic rings. The Morgan fingerprint density at radius 1 is 0.479 bits per heavy atom.